The molecule has 1 amide bonds. The van der Waals surface area contributed by atoms with E-state index in [-0.39, 0.29) is 0 Å². The number of hydrogen-bond acceptors (Lipinski definition) is 2. The summed E-state index contributed by atoms with van der Waals surface area (Å²) in [7, 11) is 0. The Hall–Kier alpha value is 0.0274. The Bertz CT molecular complexity index is 62.6. The van der Waals surface area contributed by atoms with E-state index in [0.29, 0.717) is 0 Å². The molecule has 0 spiro atoms. The Morgan fingerprint density at radius 3 is 2.17 bits per heavy atom. The molecule has 3 N–H and O–H groups in total. The van der Waals surface area contributed by atoms with Crippen LogP contribution in [0.5, 0.6) is 0 Å². The van der Waals surface area contributed by atoms with Crippen molar-refractivity contribution in [2.75, 3.05) is 0 Å². The van der Waals surface area contributed by atoms with Crippen LogP contribution in [0, 0.1) is 0 Å². The normalized spacial score (nSPS) is 13.8. The summed E-state index contributed by atoms with van der Waals surface area (Å²) in [6, 6.07) is 0. The van der Waals surface area contributed by atoms with Gasteiger partial charge in [-0.05, 0) is 0 Å². The van der Waals surface area contributed by atoms with Crippen molar-refractivity contribution in [3.63, 3.8) is 0 Å². The molecule has 0 fully saturated rings. The molecule has 3 nitrogen and oxygen atoms in total. The topological polar surface area (TPSA) is 63.3 Å². The van der Waals surface area contributed by atoms with Gasteiger partial charge in [0.1, 0.15) is 0 Å². The number of primary amides is 1. The minimum atomic E-state index is -1.01. The maximum absolute atomic E-state index is 9.67. The van der Waals surface area contributed by atoms with Crippen LogP contribution in [0.3, 0.4) is 0 Å². The quantitative estimate of drug-likeness (QED) is 0.357. The zero-order chi connectivity index (χ0) is 5.15. The second-order valence-corrected chi connectivity index (χ2v) is 1.08. The number of amides is 1. The van der Waals surface area contributed by atoms with Crippen LogP contribution < -0.4 is 5.73 Å². The molecular formula is C2H4LiNO2. The number of aliphatic hydroxyl groups is 1. The van der Waals surface area contributed by atoms with Crippen molar-refractivity contribution in [3.05, 3.63) is 0 Å². The molecule has 1 unspecified atom stereocenters. The van der Waals surface area contributed by atoms with Gasteiger partial charge in [-0.3, -0.25) is 0 Å². The molecule has 6 heavy (non-hydrogen) atoms. The summed E-state index contributed by atoms with van der Waals surface area (Å²) in [6.07, 6.45) is 0. The van der Waals surface area contributed by atoms with Crippen molar-refractivity contribution in [3.8, 4) is 0 Å². The van der Waals surface area contributed by atoms with Crippen LogP contribution in [0.15, 0.2) is 0 Å². The molecule has 0 heterocycles. The number of carbonyl (C=O) groups excluding carboxylic acids is 1. The van der Waals surface area contributed by atoms with Crippen LogP contribution in [0.2, 0.25) is 0 Å². The molecule has 0 aliphatic heterocycles. The summed E-state index contributed by atoms with van der Waals surface area (Å²) >= 11 is 1.32. The summed E-state index contributed by atoms with van der Waals surface area (Å²) in [4.78, 5) is 9.67. The average molecular weight is 81.0 g/mol. The minimum absolute atomic E-state index is 0.685. The fraction of sp³-hybridized carbons (Fsp3) is 0.500. The van der Waals surface area contributed by atoms with Crippen LogP contribution >= 0.6 is 0 Å². The van der Waals surface area contributed by atoms with E-state index < -0.39 is 10.7 Å². The van der Waals surface area contributed by atoms with Crippen LogP contribution in [0.4, 0.5) is 0 Å². The predicted molar refractivity (Wildman–Crippen MR) is 21.0 cm³/mol. The second kappa shape index (κ2) is 2.24. The first-order valence-electron chi connectivity index (χ1n) is 1.62. The molecule has 0 aromatic rings. The van der Waals surface area contributed by atoms with Crippen molar-refractivity contribution in [1.82, 2.24) is 0 Å². The molecular weight excluding hydrogens is 77.0 g/mol. The van der Waals surface area contributed by atoms with Gasteiger partial charge < -0.3 is 0 Å². The molecule has 0 aromatic carbocycles. The third kappa shape index (κ3) is 2.28. The molecule has 0 saturated heterocycles. The summed E-state index contributed by atoms with van der Waals surface area (Å²) in [5, 5.41) is 8.16. The number of hydrogen-bond donors (Lipinski definition) is 2. The van der Waals surface area contributed by atoms with E-state index in [1.165, 1.54) is 17.7 Å². The molecule has 30 valence electrons. The first-order valence-corrected chi connectivity index (χ1v) is 1.62. The van der Waals surface area contributed by atoms with E-state index >= 15 is 0 Å². The predicted octanol–water partition coefficient (Wildman–Crippen LogP) is -2.04. The van der Waals surface area contributed by atoms with Gasteiger partial charge in [0.2, 0.25) is 0 Å². The third-order valence-corrected chi connectivity index (χ3v) is 0.412. The fourth-order valence-corrected chi connectivity index (χ4v) is 0. The molecule has 0 aliphatic rings. The Kier molecular flexibility index (Phi) is 2.25. The number of nitrogens with two attached hydrogens (primary N) is 1. The van der Waals surface area contributed by atoms with Crippen LogP contribution in [-0.2, 0) is 4.79 Å². The van der Waals surface area contributed by atoms with Crippen LogP contribution in [0.1, 0.15) is 0 Å². The van der Waals surface area contributed by atoms with Crippen molar-refractivity contribution < 1.29 is 9.90 Å². The first-order chi connectivity index (χ1) is 2.64. The number of carbonyl (C=O) groups is 1. The van der Waals surface area contributed by atoms with Gasteiger partial charge in [0.05, 0.1) is 0 Å². The van der Waals surface area contributed by atoms with Gasteiger partial charge in [-0.1, -0.05) is 0 Å². The molecule has 0 rings (SSSR count). The Morgan fingerprint density at radius 1 is 2.00 bits per heavy atom. The van der Waals surface area contributed by atoms with Crippen molar-refractivity contribution in [1.29, 1.82) is 0 Å². The third-order valence-electron chi connectivity index (χ3n) is 0.412. The van der Waals surface area contributed by atoms with E-state index in [4.69, 9.17) is 5.11 Å². The number of aliphatic hydroxyl groups excluding tert-OH is 1. The van der Waals surface area contributed by atoms with E-state index in [9.17, 15) is 4.79 Å². The molecule has 0 radical (unpaired) electrons. The van der Waals surface area contributed by atoms with Gasteiger partial charge >= 0.3 is 44.0 Å². The molecule has 4 heteroatoms. The average Bonchev–Trinajstić information content (AvgIpc) is 1.36. The molecule has 0 saturated carbocycles. The maximum atomic E-state index is 9.67. The summed E-state index contributed by atoms with van der Waals surface area (Å²) in [5.74, 6) is -0.685. The van der Waals surface area contributed by atoms with E-state index in [1.54, 1.807) is 0 Å². The molecule has 0 aliphatic carbocycles. The SMILES string of the molecule is [Li][CH](O)C(N)=O. The van der Waals surface area contributed by atoms with E-state index in [0.717, 1.165) is 0 Å². The summed E-state index contributed by atoms with van der Waals surface area (Å²) < 4.78 is -1.01. The summed E-state index contributed by atoms with van der Waals surface area (Å²) in [6.45, 7) is 0. The molecule has 0 aromatic heterocycles. The zero-order valence-corrected chi connectivity index (χ0v) is 3.51. The fourth-order valence-electron chi connectivity index (χ4n) is 0. The van der Waals surface area contributed by atoms with Crippen molar-refractivity contribution >= 4 is 23.6 Å². The van der Waals surface area contributed by atoms with Crippen molar-refractivity contribution in [2.45, 2.75) is 4.78 Å². The van der Waals surface area contributed by atoms with Gasteiger partial charge in [-0.15, -0.1) is 0 Å². The van der Waals surface area contributed by atoms with E-state index in [2.05, 4.69) is 5.73 Å². The second-order valence-electron chi connectivity index (χ2n) is 1.08. The molecule has 1 atom stereocenters. The van der Waals surface area contributed by atoms with Crippen LogP contribution in [-0.4, -0.2) is 33.5 Å². The first kappa shape index (κ1) is 6.03. The van der Waals surface area contributed by atoms with Crippen molar-refractivity contribution in [2.24, 2.45) is 5.73 Å². The monoisotopic (exact) mass is 81.0 g/mol. The van der Waals surface area contributed by atoms with E-state index in [1.807, 2.05) is 0 Å². The van der Waals surface area contributed by atoms with Gasteiger partial charge in [0, 0.05) is 0 Å². The Balaban J connectivity index is 3.26. The van der Waals surface area contributed by atoms with Gasteiger partial charge in [-0.2, -0.15) is 0 Å². The van der Waals surface area contributed by atoms with Gasteiger partial charge in [-0.25, -0.2) is 0 Å². The van der Waals surface area contributed by atoms with Gasteiger partial charge in [0.25, 0.3) is 0 Å². The van der Waals surface area contributed by atoms with Crippen LogP contribution in [0.25, 0.3) is 0 Å². The standard InChI is InChI=1S/C2H4NO2.Li/c3-2(5)1-4;/h1,4H,(H2,3,5);. The zero-order valence-electron chi connectivity index (χ0n) is 3.51. The molecule has 0 bridgehead atoms. The summed E-state index contributed by atoms with van der Waals surface area (Å²) in [5.41, 5.74) is 4.55. The Labute approximate surface area is 44.7 Å². The Morgan fingerprint density at radius 2 is 2.17 bits per heavy atom. The number of rotatable bonds is 1. The van der Waals surface area contributed by atoms with Gasteiger partial charge in [0.15, 0.2) is 0 Å².